The van der Waals surface area contributed by atoms with Crippen LogP contribution in [0.3, 0.4) is 0 Å². The van der Waals surface area contributed by atoms with Crippen molar-refractivity contribution >= 4 is 56.6 Å². The van der Waals surface area contributed by atoms with Crippen LogP contribution in [-0.4, -0.2) is 11.3 Å². The van der Waals surface area contributed by atoms with Crippen LogP contribution in [-0.2, 0) is 0 Å². The topological polar surface area (TPSA) is 8.17 Å². The average molecular weight is 571 g/mol. The molecule has 0 amide bonds. The van der Waals surface area contributed by atoms with E-state index in [9.17, 15) is 0 Å². The Labute approximate surface area is 262 Å². The molecule has 0 radical (unpaired) electrons. The Bertz CT molecular complexity index is 2420. The second-order valence-corrected chi connectivity index (χ2v) is 12.1. The van der Waals surface area contributed by atoms with E-state index in [-0.39, 0.29) is 6.85 Å². The minimum absolute atomic E-state index is 0.0482. The standard InChI is InChI=1S/C42H27BN2/c1-3-11-28(12-4-1)30-21-24-32(25-22-30)44-39-26-23-31(29-13-5-2-6-14-29)27-37(39)43-41-34(16-10-20-40(41)44)36-18-9-17-35-33-15-7-8-19-38(33)45(43)42(35)36/h1-27H. The summed E-state index contributed by atoms with van der Waals surface area (Å²) in [5.74, 6) is 0. The molecule has 0 bridgehead atoms. The van der Waals surface area contributed by atoms with Crippen molar-refractivity contribution in [3.8, 4) is 33.4 Å². The predicted molar refractivity (Wildman–Crippen MR) is 191 cm³/mol. The SMILES string of the molecule is c1ccc(-c2ccc(N3c4ccc(-c5ccccc5)cc4B4c5c(cccc53)-c3cccc5c6ccccc6n4c35)cc2)cc1. The first-order valence-electron chi connectivity index (χ1n) is 15.6. The summed E-state index contributed by atoms with van der Waals surface area (Å²) in [6.07, 6.45) is 0. The Morgan fingerprint density at radius 2 is 1.04 bits per heavy atom. The van der Waals surface area contributed by atoms with E-state index < -0.39 is 0 Å². The smallest absolute Gasteiger partial charge is 0.333 e. The predicted octanol–water partition coefficient (Wildman–Crippen LogP) is 9.55. The Morgan fingerprint density at radius 3 is 1.84 bits per heavy atom. The van der Waals surface area contributed by atoms with Gasteiger partial charge in [-0.3, -0.25) is 0 Å². The van der Waals surface area contributed by atoms with Gasteiger partial charge in [-0.05, 0) is 69.1 Å². The second kappa shape index (κ2) is 9.35. The van der Waals surface area contributed by atoms with Crippen molar-refractivity contribution in [2.24, 2.45) is 0 Å². The van der Waals surface area contributed by atoms with Crippen LogP contribution in [0.25, 0.3) is 55.2 Å². The Hall–Kier alpha value is -5.80. The molecule has 0 atom stereocenters. The highest BCUT2D eigenvalue weighted by atomic mass is 15.2. The first-order valence-corrected chi connectivity index (χ1v) is 15.6. The lowest BCUT2D eigenvalue weighted by Gasteiger charge is -2.40. The largest absolute Gasteiger partial charge is 0.375 e. The average Bonchev–Trinajstić information content (AvgIpc) is 3.45. The molecular weight excluding hydrogens is 543 g/mol. The molecule has 0 N–H and O–H groups in total. The van der Waals surface area contributed by atoms with Crippen molar-refractivity contribution in [3.05, 3.63) is 164 Å². The summed E-state index contributed by atoms with van der Waals surface area (Å²) in [4.78, 5) is 2.48. The molecule has 2 nitrogen and oxygen atoms in total. The van der Waals surface area contributed by atoms with Crippen molar-refractivity contribution in [1.29, 1.82) is 0 Å². The molecule has 3 heteroatoms. The van der Waals surface area contributed by atoms with E-state index in [4.69, 9.17) is 0 Å². The van der Waals surface area contributed by atoms with Gasteiger partial charge in [-0.25, -0.2) is 0 Å². The van der Waals surface area contributed by atoms with Crippen LogP contribution < -0.4 is 15.8 Å². The van der Waals surface area contributed by atoms with Gasteiger partial charge in [0.1, 0.15) is 0 Å². The summed E-state index contributed by atoms with van der Waals surface area (Å²) < 4.78 is 2.62. The highest BCUT2D eigenvalue weighted by molar-refractivity contribution is 6.90. The van der Waals surface area contributed by atoms with E-state index >= 15 is 0 Å². The van der Waals surface area contributed by atoms with Crippen LogP contribution in [0.5, 0.6) is 0 Å². The number of nitrogens with zero attached hydrogens (tertiary/aromatic N) is 2. The Morgan fingerprint density at radius 1 is 0.422 bits per heavy atom. The van der Waals surface area contributed by atoms with Gasteiger partial charge < -0.3 is 9.38 Å². The van der Waals surface area contributed by atoms with Crippen LogP contribution in [0.1, 0.15) is 0 Å². The van der Waals surface area contributed by atoms with E-state index in [1.165, 1.54) is 77.5 Å². The summed E-state index contributed by atoms with van der Waals surface area (Å²) in [5, 5.41) is 2.63. The number of fused-ring (bicyclic) bond motifs is 7. The molecule has 3 heterocycles. The first kappa shape index (κ1) is 24.6. The normalized spacial score (nSPS) is 12.8. The molecule has 0 fully saturated rings. The van der Waals surface area contributed by atoms with Crippen LogP contribution in [0.4, 0.5) is 17.1 Å². The number of para-hydroxylation sites is 2. The van der Waals surface area contributed by atoms with Crippen LogP contribution in [0, 0.1) is 0 Å². The zero-order valence-electron chi connectivity index (χ0n) is 24.6. The second-order valence-electron chi connectivity index (χ2n) is 12.1. The van der Waals surface area contributed by atoms with Crippen LogP contribution in [0.15, 0.2) is 164 Å². The van der Waals surface area contributed by atoms with Crippen molar-refractivity contribution < 1.29 is 0 Å². The summed E-state index contributed by atoms with van der Waals surface area (Å²) in [7, 11) is 0. The quantitative estimate of drug-likeness (QED) is 0.192. The Kier molecular flexibility index (Phi) is 5.12. The van der Waals surface area contributed by atoms with E-state index in [0.717, 1.165) is 5.69 Å². The summed E-state index contributed by atoms with van der Waals surface area (Å²) >= 11 is 0. The molecule has 0 aliphatic carbocycles. The van der Waals surface area contributed by atoms with Gasteiger partial charge in [-0.15, -0.1) is 0 Å². The third-order valence-electron chi connectivity index (χ3n) is 9.78. The summed E-state index contributed by atoms with van der Waals surface area (Å²) in [6.45, 7) is 0.0482. The maximum absolute atomic E-state index is 2.62. The van der Waals surface area contributed by atoms with Gasteiger partial charge in [-0.2, -0.15) is 0 Å². The van der Waals surface area contributed by atoms with Gasteiger partial charge in [0.2, 0.25) is 0 Å². The first-order chi connectivity index (χ1) is 22.3. The molecule has 0 saturated heterocycles. The molecule has 45 heavy (non-hydrogen) atoms. The third kappa shape index (κ3) is 3.47. The molecular formula is C42H27BN2. The van der Waals surface area contributed by atoms with Gasteiger partial charge in [0.05, 0.1) is 0 Å². The lowest BCUT2D eigenvalue weighted by molar-refractivity contribution is 1.25. The van der Waals surface area contributed by atoms with Gasteiger partial charge in [0.25, 0.3) is 0 Å². The third-order valence-corrected chi connectivity index (χ3v) is 9.78. The lowest BCUT2D eigenvalue weighted by Crippen LogP contribution is -2.56. The van der Waals surface area contributed by atoms with Crippen molar-refractivity contribution in [3.63, 3.8) is 0 Å². The monoisotopic (exact) mass is 570 g/mol. The van der Waals surface area contributed by atoms with Gasteiger partial charge >= 0.3 is 6.85 Å². The molecule has 2 aliphatic heterocycles. The van der Waals surface area contributed by atoms with E-state index in [0.29, 0.717) is 0 Å². The fourth-order valence-electron chi connectivity index (χ4n) is 7.86. The minimum Gasteiger partial charge on any atom is -0.375 e. The zero-order valence-corrected chi connectivity index (χ0v) is 24.6. The van der Waals surface area contributed by atoms with Crippen molar-refractivity contribution in [1.82, 2.24) is 4.48 Å². The number of anilines is 3. The molecule has 0 spiro atoms. The number of aromatic nitrogens is 1. The molecule has 8 aromatic rings. The lowest BCUT2D eigenvalue weighted by atomic mass is 9.45. The number of hydrogen-bond acceptors (Lipinski definition) is 1. The molecule has 1 aromatic heterocycles. The number of hydrogen-bond donors (Lipinski definition) is 0. The van der Waals surface area contributed by atoms with E-state index in [1.807, 2.05) is 0 Å². The maximum atomic E-state index is 2.62. The van der Waals surface area contributed by atoms with Gasteiger partial charge in [-0.1, -0.05) is 133 Å². The van der Waals surface area contributed by atoms with Crippen LogP contribution >= 0.6 is 0 Å². The summed E-state index contributed by atoms with van der Waals surface area (Å²) in [5.41, 5.74) is 16.5. The molecule has 0 saturated carbocycles. The fraction of sp³-hybridized carbons (Fsp3) is 0. The van der Waals surface area contributed by atoms with E-state index in [1.54, 1.807) is 0 Å². The number of benzene rings is 7. The fourth-order valence-corrected chi connectivity index (χ4v) is 7.86. The molecule has 7 aromatic carbocycles. The van der Waals surface area contributed by atoms with Crippen LogP contribution in [0.2, 0.25) is 0 Å². The number of rotatable bonds is 3. The molecule has 208 valence electrons. The maximum Gasteiger partial charge on any atom is 0.333 e. The molecule has 0 unspecified atom stereocenters. The van der Waals surface area contributed by atoms with Crippen molar-refractivity contribution in [2.75, 3.05) is 4.90 Å². The minimum atomic E-state index is 0.0482. The van der Waals surface area contributed by atoms with Gasteiger partial charge in [0, 0.05) is 44.4 Å². The molecule has 10 rings (SSSR count). The highest BCUT2D eigenvalue weighted by Gasteiger charge is 2.42. The van der Waals surface area contributed by atoms with Crippen molar-refractivity contribution in [2.45, 2.75) is 0 Å². The summed E-state index contributed by atoms with van der Waals surface area (Å²) in [6, 6.07) is 60.1. The van der Waals surface area contributed by atoms with Gasteiger partial charge in [0.15, 0.2) is 0 Å². The Balaban J connectivity index is 1.28. The van der Waals surface area contributed by atoms with E-state index in [2.05, 4.69) is 173 Å². The molecule has 2 aliphatic rings. The highest BCUT2D eigenvalue weighted by Crippen LogP contribution is 2.45. The zero-order chi connectivity index (χ0) is 29.5.